The number of nitriles is 1. The number of pyridine rings is 1. The average Bonchev–Trinajstić information content (AvgIpc) is 2.52. The van der Waals surface area contributed by atoms with Crippen LogP contribution in [0.3, 0.4) is 0 Å². The Balaban J connectivity index is 2.65. The fraction of sp³-hybridized carbons (Fsp3) is 0.200. The number of aryl methyl sites for hydroxylation is 1. The van der Waals surface area contributed by atoms with Crippen LogP contribution in [0.1, 0.15) is 16.8 Å². The lowest BCUT2D eigenvalue weighted by atomic mass is 10.1. The Hall–Kier alpha value is -1.81. The van der Waals surface area contributed by atoms with Gasteiger partial charge in [0.2, 0.25) is 0 Å². The molecule has 2 aromatic rings. The van der Waals surface area contributed by atoms with E-state index in [1.54, 1.807) is 38.1 Å². The Morgan fingerprint density at radius 3 is 2.26 bits per heavy atom. The lowest BCUT2D eigenvalue weighted by Crippen LogP contribution is -2.28. The third kappa shape index (κ3) is 3.13. The first-order valence-electron chi connectivity index (χ1n) is 6.51. The molecule has 1 aromatic carbocycles. The fourth-order valence-electron chi connectivity index (χ4n) is 2.04. The molecule has 0 aliphatic heterocycles. The first kappa shape index (κ1) is 17.5. The Kier molecular flexibility index (Phi) is 4.85. The predicted octanol–water partition coefficient (Wildman–Crippen LogP) is 3.70. The summed E-state index contributed by atoms with van der Waals surface area (Å²) in [7, 11) is -2.62. The van der Waals surface area contributed by atoms with Gasteiger partial charge in [0.25, 0.3) is 10.0 Å². The van der Waals surface area contributed by atoms with Crippen molar-refractivity contribution < 1.29 is 8.42 Å². The van der Waals surface area contributed by atoms with Crippen LogP contribution in [-0.2, 0) is 10.0 Å². The average molecular weight is 370 g/mol. The number of aromatic nitrogens is 1. The summed E-state index contributed by atoms with van der Waals surface area (Å²) in [6, 6.07) is 8.19. The molecule has 1 heterocycles. The maximum atomic E-state index is 12.8. The third-order valence-corrected chi connectivity index (χ3v) is 5.94. The number of anilines is 1. The van der Waals surface area contributed by atoms with Crippen LogP contribution in [0, 0.1) is 25.2 Å². The van der Waals surface area contributed by atoms with Crippen LogP contribution in [0.25, 0.3) is 0 Å². The molecule has 120 valence electrons. The Labute approximate surface area is 145 Å². The molecule has 0 fully saturated rings. The van der Waals surface area contributed by atoms with Crippen molar-refractivity contribution in [3.63, 3.8) is 0 Å². The monoisotopic (exact) mass is 369 g/mol. The molecule has 0 amide bonds. The lowest BCUT2D eigenvalue weighted by Gasteiger charge is -2.20. The summed E-state index contributed by atoms with van der Waals surface area (Å²) >= 11 is 11.9. The highest BCUT2D eigenvalue weighted by Crippen LogP contribution is 2.29. The number of hydrogen-bond acceptors (Lipinski definition) is 4. The topological polar surface area (TPSA) is 74.1 Å². The molecular weight excluding hydrogens is 357 g/mol. The zero-order valence-electron chi connectivity index (χ0n) is 12.6. The van der Waals surface area contributed by atoms with Gasteiger partial charge in [0.15, 0.2) is 5.03 Å². The zero-order valence-corrected chi connectivity index (χ0v) is 15.0. The van der Waals surface area contributed by atoms with E-state index in [1.807, 2.05) is 6.07 Å². The summed E-state index contributed by atoms with van der Waals surface area (Å²) in [6.45, 7) is 3.19. The van der Waals surface area contributed by atoms with E-state index < -0.39 is 10.0 Å². The SMILES string of the molecule is Cc1nc(S(=O)(=O)N(C)c2ccc(Cl)cc2)c(C#N)c(C)c1Cl. The molecule has 0 atom stereocenters. The first-order chi connectivity index (χ1) is 10.7. The van der Waals surface area contributed by atoms with E-state index in [0.717, 1.165) is 4.31 Å². The van der Waals surface area contributed by atoms with Crippen molar-refractivity contribution in [2.45, 2.75) is 18.9 Å². The standard InChI is InChI=1S/C15H13Cl2N3O2S/c1-9-13(8-18)15(19-10(2)14(9)17)23(21,22)20(3)12-6-4-11(16)5-7-12/h4-7H,1-3H3. The van der Waals surface area contributed by atoms with Gasteiger partial charge in [-0.2, -0.15) is 13.7 Å². The summed E-state index contributed by atoms with van der Waals surface area (Å²) in [6.07, 6.45) is 0. The second kappa shape index (κ2) is 6.36. The van der Waals surface area contributed by atoms with E-state index in [-0.39, 0.29) is 15.6 Å². The van der Waals surface area contributed by atoms with Crippen LogP contribution >= 0.6 is 23.2 Å². The van der Waals surface area contributed by atoms with Crippen LogP contribution in [0.15, 0.2) is 29.3 Å². The molecule has 0 N–H and O–H groups in total. The van der Waals surface area contributed by atoms with Gasteiger partial charge in [-0.1, -0.05) is 23.2 Å². The van der Waals surface area contributed by atoms with Crippen LogP contribution in [0.5, 0.6) is 0 Å². The van der Waals surface area contributed by atoms with Gasteiger partial charge in [-0.25, -0.2) is 4.98 Å². The molecule has 1 aromatic heterocycles. The fourth-order valence-corrected chi connectivity index (χ4v) is 3.67. The van der Waals surface area contributed by atoms with E-state index in [1.165, 1.54) is 7.05 Å². The number of rotatable bonds is 3. The molecule has 0 aliphatic carbocycles. The molecule has 0 spiro atoms. The number of benzene rings is 1. The minimum Gasteiger partial charge on any atom is -0.268 e. The van der Waals surface area contributed by atoms with Crippen LogP contribution < -0.4 is 4.31 Å². The Morgan fingerprint density at radius 2 is 1.74 bits per heavy atom. The quantitative estimate of drug-likeness (QED) is 0.826. The maximum absolute atomic E-state index is 12.8. The molecular formula is C15H13Cl2N3O2S. The smallest absolute Gasteiger partial charge is 0.268 e. The van der Waals surface area contributed by atoms with Crippen molar-refractivity contribution >= 4 is 38.9 Å². The van der Waals surface area contributed by atoms with Crippen LogP contribution in [0.2, 0.25) is 10.0 Å². The minimum absolute atomic E-state index is 0.0542. The molecule has 0 aliphatic rings. The lowest BCUT2D eigenvalue weighted by molar-refractivity contribution is 0.589. The van der Waals surface area contributed by atoms with E-state index >= 15 is 0 Å². The van der Waals surface area contributed by atoms with Crippen molar-refractivity contribution in [2.24, 2.45) is 0 Å². The van der Waals surface area contributed by atoms with Crippen molar-refractivity contribution in [3.05, 3.63) is 51.1 Å². The molecule has 8 heteroatoms. The second-order valence-electron chi connectivity index (χ2n) is 4.88. The number of nitrogens with zero attached hydrogens (tertiary/aromatic N) is 3. The molecule has 0 unspecified atom stereocenters. The van der Waals surface area contributed by atoms with Crippen molar-refractivity contribution in [1.29, 1.82) is 5.26 Å². The predicted molar refractivity (Wildman–Crippen MR) is 90.5 cm³/mol. The van der Waals surface area contributed by atoms with Gasteiger partial charge in [0.1, 0.15) is 6.07 Å². The van der Waals surface area contributed by atoms with E-state index in [9.17, 15) is 13.7 Å². The van der Waals surface area contributed by atoms with Gasteiger partial charge >= 0.3 is 0 Å². The van der Waals surface area contributed by atoms with Crippen molar-refractivity contribution in [2.75, 3.05) is 11.4 Å². The number of halogens is 2. The normalized spacial score (nSPS) is 11.1. The van der Waals surface area contributed by atoms with E-state index in [2.05, 4.69) is 4.98 Å². The highest BCUT2D eigenvalue weighted by molar-refractivity contribution is 7.92. The molecule has 0 saturated carbocycles. The van der Waals surface area contributed by atoms with Crippen molar-refractivity contribution in [3.8, 4) is 6.07 Å². The zero-order chi connectivity index (χ0) is 17.4. The highest BCUT2D eigenvalue weighted by Gasteiger charge is 2.29. The summed E-state index contributed by atoms with van der Waals surface area (Å²) in [5.74, 6) is 0. The van der Waals surface area contributed by atoms with Gasteiger partial charge in [0, 0.05) is 12.1 Å². The first-order valence-corrected chi connectivity index (χ1v) is 8.71. The van der Waals surface area contributed by atoms with Gasteiger partial charge in [-0.15, -0.1) is 0 Å². The van der Waals surface area contributed by atoms with E-state index in [4.69, 9.17) is 23.2 Å². The molecule has 0 bridgehead atoms. The minimum atomic E-state index is -4.01. The number of sulfonamides is 1. The van der Waals surface area contributed by atoms with Gasteiger partial charge in [-0.05, 0) is 43.7 Å². The number of hydrogen-bond donors (Lipinski definition) is 0. The molecule has 23 heavy (non-hydrogen) atoms. The molecule has 2 rings (SSSR count). The summed E-state index contributed by atoms with van der Waals surface area (Å²) in [5, 5.41) is 9.79. The van der Waals surface area contributed by atoms with Gasteiger partial charge in [0.05, 0.1) is 22.0 Å². The van der Waals surface area contributed by atoms with Crippen LogP contribution in [-0.4, -0.2) is 20.4 Å². The molecule has 0 radical (unpaired) electrons. The maximum Gasteiger partial charge on any atom is 0.282 e. The summed E-state index contributed by atoms with van der Waals surface area (Å²) < 4.78 is 26.8. The molecule has 5 nitrogen and oxygen atoms in total. The van der Waals surface area contributed by atoms with Gasteiger partial charge < -0.3 is 0 Å². The van der Waals surface area contributed by atoms with E-state index in [0.29, 0.717) is 22.0 Å². The molecule has 0 saturated heterocycles. The van der Waals surface area contributed by atoms with Gasteiger partial charge in [-0.3, -0.25) is 4.31 Å². The summed E-state index contributed by atoms with van der Waals surface area (Å²) in [4.78, 5) is 4.03. The Bertz CT molecular complexity index is 904. The second-order valence-corrected chi connectivity index (χ2v) is 7.58. The largest absolute Gasteiger partial charge is 0.282 e. The Morgan fingerprint density at radius 1 is 1.17 bits per heavy atom. The highest BCUT2D eigenvalue weighted by atomic mass is 35.5. The van der Waals surface area contributed by atoms with Crippen molar-refractivity contribution in [1.82, 2.24) is 4.98 Å². The third-order valence-electron chi connectivity index (χ3n) is 3.41. The van der Waals surface area contributed by atoms with Crippen LogP contribution in [0.4, 0.5) is 5.69 Å². The summed E-state index contributed by atoms with van der Waals surface area (Å²) in [5.41, 5.74) is 1.10.